The van der Waals surface area contributed by atoms with Crippen molar-refractivity contribution in [3.63, 3.8) is 0 Å². The predicted molar refractivity (Wildman–Crippen MR) is 131 cm³/mol. The Morgan fingerprint density at radius 3 is 2.56 bits per heavy atom. The summed E-state index contributed by atoms with van der Waals surface area (Å²) in [6, 6.07) is 15.2. The lowest BCUT2D eigenvalue weighted by molar-refractivity contribution is -0.113. The van der Waals surface area contributed by atoms with E-state index in [0.717, 1.165) is 5.69 Å². The van der Waals surface area contributed by atoms with Crippen LogP contribution >= 0.6 is 23.4 Å². The summed E-state index contributed by atoms with van der Waals surface area (Å²) in [7, 11) is 0. The largest absolute Gasteiger partial charge is 0.481 e. The van der Waals surface area contributed by atoms with Crippen LogP contribution in [0.1, 0.15) is 44.2 Å². The Labute approximate surface area is 198 Å². The second-order valence-electron chi connectivity index (χ2n) is 7.54. The summed E-state index contributed by atoms with van der Waals surface area (Å²) in [4.78, 5) is 12.4. The smallest absolute Gasteiger partial charge is 0.234 e. The van der Waals surface area contributed by atoms with Crippen LogP contribution in [0.15, 0.2) is 66.3 Å². The average molecular weight is 471 g/mol. The molecule has 6 nitrogen and oxygen atoms in total. The molecule has 1 N–H and O–H groups in total. The van der Waals surface area contributed by atoms with Gasteiger partial charge in [0.2, 0.25) is 5.91 Å². The average Bonchev–Trinajstić information content (AvgIpc) is 3.17. The van der Waals surface area contributed by atoms with Crippen molar-refractivity contribution in [3.05, 3.63) is 77.6 Å². The molecule has 0 fully saturated rings. The van der Waals surface area contributed by atoms with E-state index in [-0.39, 0.29) is 17.8 Å². The van der Waals surface area contributed by atoms with Gasteiger partial charge >= 0.3 is 0 Å². The van der Waals surface area contributed by atoms with Crippen molar-refractivity contribution < 1.29 is 9.53 Å². The van der Waals surface area contributed by atoms with E-state index in [9.17, 15) is 4.79 Å². The molecule has 32 heavy (non-hydrogen) atoms. The quantitative estimate of drug-likeness (QED) is 0.286. The first-order valence-electron chi connectivity index (χ1n) is 10.4. The Bertz CT molecular complexity index is 1070. The molecule has 0 bridgehead atoms. The number of hydrogen-bond acceptors (Lipinski definition) is 5. The summed E-state index contributed by atoms with van der Waals surface area (Å²) in [5.41, 5.74) is 2.01. The fourth-order valence-electron chi connectivity index (χ4n) is 3.07. The fraction of sp³-hybridized carbons (Fsp3) is 0.292. The first-order valence-corrected chi connectivity index (χ1v) is 11.7. The van der Waals surface area contributed by atoms with Gasteiger partial charge in [0.15, 0.2) is 17.1 Å². The van der Waals surface area contributed by atoms with Crippen LogP contribution in [0.2, 0.25) is 5.02 Å². The summed E-state index contributed by atoms with van der Waals surface area (Å²) in [5, 5.41) is 12.6. The summed E-state index contributed by atoms with van der Waals surface area (Å²) >= 11 is 7.52. The molecule has 0 saturated carbocycles. The van der Waals surface area contributed by atoms with Gasteiger partial charge in [-0.25, -0.2) is 0 Å². The number of halogens is 1. The Morgan fingerprint density at radius 2 is 1.91 bits per heavy atom. The van der Waals surface area contributed by atoms with Crippen LogP contribution < -0.4 is 10.1 Å². The molecule has 1 amide bonds. The van der Waals surface area contributed by atoms with Gasteiger partial charge in [0.05, 0.1) is 10.8 Å². The second kappa shape index (κ2) is 11.2. The molecule has 0 aliphatic carbocycles. The van der Waals surface area contributed by atoms with E-state index in [1.165, 1.54) is 17.3 Å². The van der Waals surface area contributed by atoms with Gasteiger partial charge in [-0.2, -0.15) is 0 Å². The van der Waals surface area contributed by atoms with Gasteiger partial charge in [-0.1, -0.05) is 67.6 Å². The number of anilines is 1. The maximum absolute atomic E-state index is 12.4. The zero-order chi connectivity index (χ0) is 23.1. The molecule has 168 valence electrons. The van der Waals surface area contributed by atoms with Crippen LogP contribution in [-0.2, 0) is 11.3 Å². The molecule has 0 radical (unpaired) electrons. The highest BCUT2D eigenvalue weighted by atomic mass is 35.5. The Morgan fingerprint density at radius 1 is 1.19 bits per heavy atom. The third kappa shape index (κ3) is 6.14. The van der Waals surface area contributed by atoms with Crippen LogP contribution in [0.5, 0.6) is 5.75 Å². The second-order valence-corrected chi connectivity index (χ2v) is 8.89. The predicted octanol–water partition coefficient (Wildman–Crippen LogP) is 6.11. The SMILES string of the molecule is C=CCn1c(SCC(=O)Nc2ccc(C(C)C)cc2)nnc1C(C)Oc1ccccc1Cl. The van der Waals surface area contributed by atoms with Gasteiger partial charge in [-0.15, -0.1) is 16.8 Å². The van der Waals surface area contributed by atoms with E-state index < -0.39 is 0 Å². The summed E-state index contributed by atoms with van der Waals surface area (Å²) in [6.07, 6.45) is 1.38. The maximum Gasteiger partial charge on any atom is 0.234 e. The molecule has 0 spiro atoms. The molecule has 1 aromatic heterocycles. The lowest BCUT2D eigenvalue weighted by atomic mass is 10.0. The number of amides is 1. The fourth-order valence-corrected chi connectivity index (χ4v) is 4.01. The van der Waals surface area contributed by atoms with Crippen LogP contribution in [-0.4, -0.2) is 26.4 Å². The standard InChI is InChI=1S/C24H27ClN4O2S/c1-5-14-29-23(17(4)31-21-9-7-6-8-20(21)25)27-28-24(29)32-15-22(30)26-19-12-10-18(11-13-19)16(2)3/h5-13,16-17H,1,14-15H2,2-4H3,(H,26,30). The zero-order valence-electron chi connectivity index (χ0n) is 18.4. The number of thioether (sulfide) groups is 1. The molecule has 1 heterocycles. The van der Waals surface area contributed by atoms with E-state index in [1.807, 2.05) is 47.9 Å². The number of rotatable bonds is 10. The monoisotopic (exact) mass is 470 g/mol. The molecule has 1 unspecified atom stereocenters. The van der Waals surface area contributed by atoms with Crippen LogP contribution in [0.3, 0.4) is 0 Å². The van der Waals surface area contributed by atoms with Crippen molar-refractivity contribution in [2.24, 2.45) is 0 Å². The Balaban J connectivity index is 1.65. The minimum Gasteiger partial charge on any atom is -0.481 e. The van der Waals surface area contributed by atoms with Gasteiger partial charge in [-0.05, 0) is 42.7 Å². The van der Waals surface area contributed by atoms with E-state index in [2.05, 4.69) is 35.9 Å². The molecule has 0 saturated heterocycles. The number of para-hydroxylation sites is 1. The maximum atomic E-state index is 12.4. The molecule has 2 aromatic carbocycles. The molecule has 0 aliphatic rings. The number of nitrogens with zero attached hydrogens (tertiary/aromatic N) is 3. The van der Waals surface area contributed by atoms with Crippen molar-refractivity contribution in [2.45, 2.75) is 44.5 Å². The summed E-state index contributed by atoms with van der Waals surface area (Å²) < 4.78 is 7.88. The highest BCUT2D eigenvalue weighted by Gasteiger charge is 2.20. The number of nitrogens with one attached hydrogen (secondary N) is 1. The highest BCUT2D eigenvalue weighted by Crippen LogP contribution is 2.29. The molecule has 1 atom stereocenters. The van der Waals surface area contributed by atoms with Crippen LogP contribution in [0.25, 0.3) is 0 Å². The van der Waals surface area contributed by atoms with Gasteiger partial charge < -0.3 is 10.1 Å². The molecular weight excluding hydrogens is 444 g/mol. The number of carbonyl (C=O) groups excluding carboxylic acids is 1. The third-order valence-electron chi connectivity index (χ3n) is 4.75. The Kier molecular flexibility index (Phi) is 8.36. The van der Waals surface area contributed by atoms with Crippen LogP contribution in [0, 0.1) is 0 Å². The van der Waals surface area contributed by atoms with E-state index >= 15 is 0 Å². The van der Waals surface area contributed by atoms with Gasteiger partial charge in [0, 0.05) is 12.2 Å². The third-order valence-corrected chi connectivity index (χ3v) is 6.03. The van der Waals surface area contributed by atoms with Gasteiger partial charge in [0.1, 0.15) is 5.75 Å². The molecule has 0 aliphatic heterocycles. The van der Waals surface area contributed by atoms with Crippen LogP contribution in [0.4, 0.5) is 5.69 Å². The first kappa shape index (κ1) is 23.9. The topological polar surface area (TPSA) is 69.0 Å². The zero-order valence-corrected chi connectivity index (χ0v) is 20.0. The number of aromatic nitrogens is 3. The number of ether oxygens (including phenoxy) is 1. The number of carbonyl (C=O) groups is 1. The number of allylic oxidation sites excluding steroid dienone is 1. The number of benzene rings is 2. The first-order chi connectivity index (χ1) is 15.4. The van der Waals surface area contributed by atoms with E-state index in [1.54, 1.807) is 18.2 Å². The lowest BCUT2D eigenvalue weighted by Gasteiger charge is -2.16. The van der Waals surface area contributed by atoms with Crippen molar-refractivity contribution in [1.29, 1.82) is 0 Å². The van der Waals surface area contributed by atoms with Crippen molar-refractivity contribution in [3.8, 4) is 5.75 Å². The van der Waals surface area contributed by atoms with Gasteiger partial charge in [0.25, 0.3) is 0 Å². The Hall–Kier alpha value is -2.77. The molecular formula is C24H27ClN4O2S. The molecule has 3 aromatic rings. The molecule has 3 rings (SSSR count). The van der Waals surface area contributed by atoms with Crippen molar-refractivity contribution >= 4 is 35.0 Å². The number of hydrogen-bond donors (Lipinski definition) is 1. The minimum atomic E-state index is -0.384. The van der Waals surface area contributed by atoms with Crippen molar-refractivity contribution in [2.75, 3.05) is 11.1 Å². The normalized spacial score (nSPS) is 11.9. The minimum absolute atomic E-state index is 0.109. The summed E-state index contributed by atoms with van der Waals surface area (Å²) in [6.45, 7) is 10.5. The van der Waals surface area contributed by atoms with Crippen molar-refractivity contribution in [1.82, 2.24) is 14.8 Å². The van der Waals surface area contributed by atoms with E-state index in [0.29, 0.717) is 34.2 Å². The van der Waals surface area contributed by atoms with E-state index in [4.69, 9.17) is 16.3 Å². The highest BCUT2D eigenvalue weighted by molar-refractivity contribution is 7.99. The van der Waals surface area contributed by atoms with Gasteiger partial charge in [-0.3, -0.25) is 9.36 Å². The molecule has 8 heteroatoms. The summed E-state index contributed by atoms with van der Waals surface area (Å²) in [5.74, 6) is 1.76. The lowest BCUT2D eigenvalue weighted by Crippen LogP contribution is -2.15.